The third-order valence-corrected chi connectivity index (χ3v) is 6.46. The first-order valence-electron chi connectivity index (χ1n) is 10.4. The summed E-state index contributed by atoms with van der Waals surface area (Å²) in [7, 11) is 0. The summed E-state index contributed by atoms with van der Waals surface area (Å²) in [6, 6.07) is 8.92. The van der Waals surface area contributed by atoms with Crippen molar-refractivity contribution >= 4 is 23.1 Å². The second-order valence-corrected chi connectivity index (χ2v) is 8.29. The van der Waals surface area contributed by atoms with Gasteiger partial charge in [0.25, 0.3) is 0 Å². The zero-order chi connectivity index (χ0) is 23.2. The molecule has 0 radical (unpaired) electrons. The molecule has 7 heteroatoms. The van der Waals surface area contributed by atoms with Crippen LogP contribution in [0.25, 0.3) is 16.7 Å². The summed E-state index contributed by atoms with van der Waals surface area (Å²) in [5, 5.41) is 2.78. The zero-order valence-corrected chi connectivity index (χ0v) is 17.6. The van der Waals surface area contributed by atoms with Crippen LogP contribution in [0.2, 0.25) is 0 Å². The molecule has 0 bridgehead atoms. The van der Waals surface area contributed by atoms with E-state index in [0.29, 0.717) is 29.7 Å². The van der Waals surface area contributed by atoms with Crippen molar-refractivity contribution < 1.29 is 22.8 Å². The molecule has 0 spiro atoms. The average Bonchev–Trinajstić information content (AvgIpc) is 3.12. The number of amides is 2. The molecule has 1 atom stereocenters. The highest BCUT2D eigenvalue weighted by atomic mass is 19.4. The molecule has 2 aliphatic rings. The van der Waals surface area contributed by atoms with Crippen molar-refractivity contribution in [3.05, 3.63) is 70.8 Å². The van der Waals surface area contributed by atoms with Crippen molar-refractivity contribution in [2.75, 3.05) is 5.32 Å². The predicted molar refractivity (Wildman–Crippen MR) is 118 cm³/mol. The topological polar surface area (TPSA) is 72.2 Å². The van der Waals surface area contributed by atoms with Crippen LogP contribution in [-0.2, 0) is 11.2 Å². The Bertz CT molecular complexity index is 1180. The van der Waals surface area contributed by atoms with Gasteiger partial charge in [-0.3, -0.25) is 9.59 Å². The Morgan fingerprint density at radius 2 is 1.94 bits per heavy atom. The molecule has 0 saturated heterocycles. The van der Waals surface area contributed by atoms with Gasteiger partial charge < -0.3 is 11.1 Å². The Kier molecular flexibility index (Phi) is 5.44. The Balaban J connectivity index is 1.86. The molecule has 0 heterocycles. The summed E-state index contributed by atoms with van der Waals surface area (Å²) in [4.78, 5) is 23.9. The number of allylic oxidation sites excluding steroid dienone is 2. The first kappa shape index (κ1) is 21.9. The Morgan fingerprint density at radius 3 is 2.59 bits per heavy atom. The van der Waals surface area contributed by atoms with Gasteiger partial charge in [-0.15, -0.1) is 0 Å². The molecule has 32 heavy (non-hydrogen) atoms. The van der Waals surface area contributed by atoms with Crippen LogP contribution in [0.5, 0.6) is 0 Å². The molecular formula is C25H23F3N2O2. The summed E-state index contributed by atoms with van der Waals surface area (Å²) >= 11 is 0. The van der Waals surface area contributed by atoms with Gasteiger partial charge in [0.2, 0.25) is 11.8 Å². The first-order valence-corrected chi connectivity index (χ1v) is 10.4. The highest BCUT2D eigenvalue weighted by molar-refractivity contribution is 6.02. The summed E-state index contributed by atoms with van der Waals surface area (Å²) in [6.07, 6.45) is -2.49. The van der Waals surface area contributed by atoms with Crippen LogP contribution >= 0.6 is 0 Å². The van der Waals surface area contributed by atoms with E-state index in [1.807, 2.05) is 13.0 Å². The van der Waals surface area contributed by atoms with Gasteiger partial charge in [-0.1, -0.05) is 30.4 Å². The number of hydrogen-bond donors (Lipinski definition) is 2. The molecule has 2 aromatic carbocycles. The number of alkyl halides is 3. The van der Waals surface area contributed by atoms with Crippen molar-refractivity contribution in [2.24, 2.45) is 11.7 Å². The van der Waals surface area contributed by atoms with Crippen molar-refractivity contribution in [1.82, 2.24) is 0 Å². The van der Waals surface area contributed by atoms with Gasteiger partial charge in [-0.05, 0) is 84.2 Å². The highest BCUT2D eigenvalue weighted by Gasteiger charge is 2.44. The van der Waals surface area contributed by atoms with Crippen molar-refractivity contribution in [1.29, 1.82) is 0 Å². The highest BCUT2D eigenvalue weighted by Crippen LogP contribution is 2.51. The van der Waals surface area contributed by atoms with Crippen molar-refractivity contribution in [3.8, 4) is 11.1 Å². The Morgan fingerprint density at radius 1 is 1.19 bits per heavy atom. The van der Waals surface area contributed by atoms with Crippen LogP contribution in [0.15, 0.2) is 48.6 Å². The quantitative estimate of drug-likeness (QED) is 0.611. The molecule has 166 valence electrons. The monoisotopic (exact) mass is 440 g/mol. The maximum absolute atomic E-state index is 13.4. The number of benzene rings is 2. The smallest absolute Gasteiger partial charge is 0.366 e. The summed E-state index contributed by atoms with van der Waals surface area (Å²) in [5.74, 6) is -2.30. The minimum atomic E-state index is -4.24. The number of hydrogen-bond acceptors (Lipinski definition) is 2. The molecule has 0 aromatic heterocycles. The van der Waals surface area contributed by atoms with Gasteiger partial charge in [-0.25, -0.2) is 0 Å². The van der Waals surface area contributed by atoms with Crippen LogP contribution in [0, 0.1) is 12.8 Å². The van der Waals surface area contributed by atoms with Crippen molar-refractivity contribution in [2.45, 2.75) is 38.8 Å². The normalized spacial score (nSPS) is 17.6. The van der Waals surface area contributed by atoms with E-state index in [4.69, 9.17) is 5.73 Å². The largest absolute Gasteiger partial charge is 0.392 e. The minimum Gasteiger partial charge on any atom is -0.366 e. The maximum Gasteiger partial charge on any atom is 0.392 e. The molecule has 0 saturated carbocycles. The summed E-state index contributed by atoms with van der Waals surface area (Å²) < 4.78 is 40.1. The van der Waals surface area contributed by atoms with Gasteiger partial charge in [0.05, 0.1) is 5.92 Å². The number of nitrogens with one attached hydrogen (secondary N) is 1. The van der Waals surface area contributed by atoms with E-state index in [9.17, 15) is 22.8 Å². The van der Waals surface area contributed by atoms with Crippen LogP contribution in [-0.4, -0.2) is 18.0 Å². The van der Waals surface area contributed by atoms with E-state index in [-0.39, 0.29) is 18.7 Å². The van der Waals surface area contributed by atoms with E-state index in [1.54, 1.807) is 24.3 Å². The fourth-order valence-corrected chi connectivity index (χ4v) is 4.87. The first-order chi connectivity index (χ1) is 15.1. The molecule has 2 aliphatic carbocycles. The lowest BCUT2D eigenvalue weighted by Gasteiger charge is -2.26. The van der Waals surface area contributed by atoms with Crippen LogP contribution in [0.1, 0.15) is 46.3 Å². The van der Waals surface area contributed by atoms with Gasteiger partial charge in [0, 0.05) is 11.3 Å². The second-order valence-electron chi connectivity index (χ2n) is 8.29. The standard InChI is InChI=1S/C25H23F3N2O2/c1-3-22(31)30-21-6-4-5-16(13(21)2)18-9-10-19(24(29)32)20-12-14-11-15(25(26,27)28)7-8-17(14)23(18)20/h3-6,9-10,15H,1,7-8,11-12H2,2H3,(H2,29,32)(H,30,31). The van der Waals surface area contributed by atoms with Crippen LogP contribution in [0.4, 0.5) is 18.9 Å². The number of carbonyl (C=O) groups excluding carboxylic acids is 2. The minimum absolute atomic E-state index is 0.0242. The molecular weight excluding hydrogens is 417 g/mol. The van der Waals surface area contributed by atoms with Gasteiger partial charge >= 0.3 is 6.18 Å². The average molecular weight is 440 g/mol. The molecule has 1 unspecified atom stereocenters. The number of rotatable bonds is 4. The van der Waals surface area contributed by atoms with Gasteiger partial charge in [0.1, 0.15) is 0 Å². The zero-order valence-electron chi connectivity index (χ0n) is 17.6. The van der Waals surface area contributed by atoms with E-state index in [1.165, 1.54) is 6.08 Å². The number of carbonyl (C=O) groups is 2. The fourth-order valence-electron chi connectivity index (χ4n) is 4.87. The van der Waals surface area contributed by atoms with Gasteiger partial charge in [0.15, 0.2) is 0 Å². The molecule has 2 aromatic rings. The lowest BCUT2D eigenvalue weighted by molar-refractivity contribution is -0.176. The molecule has 4 nitrogen and oxygen atoms in total. The number of primary amides is 1. The molecule has 0 fully saturated rings. The number of halogens is 3. The van der Waals surface area contributed by atoms with Crippen LogP contribution < -0.4 is 11.1 Å². The lowest BCUT2D eigenvalue weighted by Crippen LogP contribution is -2.25. The number of nitrogens with two attached hydrogens (primary N) is 1. The SMILES string of the molecule is C=CC(=O)Nc1cccc(-c2ccc(C(N)=O)c3c2C2=C(C3)CC(C(F)(F)F)CC2)c1C. The number of anilines is 1. The van der Waals surface area contributed by atoms with E-state index >= 15 is 0 Å². The third kappa shape index (κ3) is 3.72. The molecule has 4 rings (SSSR count). The molecule has 3 N–H and O–H groups in total. The van der Waals surface area contributed by atoms with E-state index < -0.39 is 18.0 Å². The van der Waals surface area contributed by atoms with Gasteiger partial charge in [-0.2, -0.15) is 13.2 Å². The summed E-state index contributed by atoms with van der Waals surface area (Å²) in [6.45, 7) is 5.34. The lowest BCUT2D eigenvalue weighted by atomic mass is 9.82. The fraction of sp³-hybridized carbons (Fsp3) is 0.280. The maximum atomic E-state index is 13.4. The predicted octanol–water partition coefficient (Wildman–Crippen LogP) is 5.56. The Hall–Kier alpha value is -3.35. The van der Waals surface area contributed by atoms with E-state index in [0.717, 1.165) is 33.4 Å². The molecule has 0 aliphatic heterocycles. The Labute approximate surface area is 184 Å². The van der Waals surface area contributed by atoms with Crippen LogP contribution in [0.3, 0.4) is 0 Å². The summed E-state index contributed by atoms with van der Waals surface area (Å²) in [5.41, 5.74) is 12.2. The number of fused-ring (bicyclic) bond motifs is 2. The van der Waals surface area contributed by atoms with E-state index in [2.05, 4.69) is 11.9 Å². The second kappa shape index (κ2) is 7.97. The van der Waals surface area contributed by atoms with Crippen molar-refractivity contribution in [3.63, 3.8) is 0 Å². The third-order valence-electron chi connectivity index (χ3n) is 6.46. The molecule has 2 amide bonds.